The smallest absolute Gasteiger partial charge is 0.0772 e. The van der Waals surface area contributed by atoms with E-state index in [1.54, 1.807) is 7.11 Å². The van der Waals surface area contributed by atoms with Gasteiger partial charge in [0, 0.05) is 37.0 Å². The molecule has 0 saturated carbocycles. The number of hydrogen-bond acceptors (Lipinski definition) is 3. The highest BCUT2D eigenvalue weighted by Gasteiger charge is 2.27. The predicted molar refractivity (Wildman–Crippen MR) is 90.2 cm³/mol. The molecule has 2 rings (SSSR count). The first-order chi connectivity index (χ1) is 10.0. The Balaban J connectivity index is 2.22. The highest BCUT2D eigenvalue weighted by Crippen LogP contribution is 2.30. The molecule has 0 spiro atoms. The Hall–Kier alpha value is -0.770. The van der Waals surface area contributed by atoms with E-state index in [2.05, 4.69) is 30.9 Å². The molecule has 3 unspecified atom stereocenters. The Morgan fingerprint density at radius 3 is 2.90 bits per heavy atom. The van der Waals surface area contributed by atoms with E-state index in [1.807, 2.05) is 6.07 Å². The van der Waals surface area contributed by atoms with E-state index >= 15 is 0 Å². The molecule has 3 atom stereocenters. The number of halogens is 1. The number of ether oxygens (including phenoxy) is 1. The van der Waals surface area contributed by atoms with Crippen molar-refractivity contribution in [3.05, 3.63) is 28.8 Å². The molecule has 1 fully saturated rings. The van der Waals surface area contributed by atoms with Gasteiger partial charge in [0.05, 0.1) is 6.10 Å². The third-order valence-electron chi connectivity index (χ3n) is 4.58. The second-order valence-electron chi connectivity index (χ2n) is 6.13. The van der Waals surface area contributed by atoms with Gasteiger partial charge in [-0.25, -0.2) is 0 Å². The van der Waals surface area contributed by atoms with Crippen molar-refractivity contribution in [2.75, 3.05) is 25.1 Å². The van der Waals surface area contributed by atoms with E-state index in [1.165, 1.54) is 11.3 Å². The molecule has 4 heteroatoms. The summed E-state index contributed by atoms with van der Waals surface area (Å²) in [6.45, 7) is 6.39. The average Bonchev–Trinajstić information content (AvgIpc) is 2.48. The first-order valence-electron chi connectivity index (χ1n) is 7.86. The molecular formula is C17H27ClN2O. The van der Waals surface area contributed by atoms with Crippen molar-refractivity contribution in [3.63, 3.8) is 0 Å². The second kappa shape index (κ2) is 7.48. The van der Waals surface area contributed by atoms with Gasteiger partial charge in [-0.15, -0.1) is 0 Å². The van der Waals surface area contributed by atoms with Crippen LogP contribution in [0.4, 0.5) is 5.69 Å². The van der Waals surface area contributed by atoms with Gasteiger partial charge >= 0.3 is 0 Å². The van der Waals surface area contributed by atoms with Crippen LogP contribution in [0, 0.1) is 5.92 Å². The maximum absolute atomic E-state index is 6.18. The van der Waals surface area contributed by atoms with Gasteiger partial charge in [-0.3, -0.25) is 0 Å². The van der Waals surface area contributed by atoms with Crippen LogP contribution in [0.5, 0.6) is 0 Å². The monoisotopic (exact) mass is 310 g/mol. The van der Waals surface area contributed by atoms with Crippen LogP contribution in [0.15, 0.2) is 18.2 Å². The molecule has 2 N–H and O–H groups in total. The lowest BCUT2D eigenvalue weighted by atomic mass is 9.94. The Morgan fingerprint density at radius 1 is 1.48 bits per heavy atom. The minimum atomic E-state index is 0.184. The zero-order valence-corrected chi connectivity index (χ0v) is 14.1. The van der Waals surface area contributed by atoms with Crippen molar-refractivity contribution in [1.29, 1.82) is 0 Å². The zero-order valence-electron chi connectivity index (χ0n) is 13.3. The van der Waals surface area contributed by atoms with E-state index in [9.17, 15) is 0 Å². The average molecular weight is 311 g/mol. The van der Waals surface area contributed by atoms with E-state index in [0.717, 1.165) is 37.4 Å². The molecular weight excluding hydrogens is 284 g/mol. The molecule has 0 aromatic heterocycles. The molecule has 1 aliphatic rings. The van der Waals surface area contributed by atoms with Gasteiger partial charge < -0.3 is 15.4 Å². The van der Waals surface area contributed by atoms with E-state index in [0.29, 0.717) is 12.0 Å². The summed E-state index contributed by atoms with van der Waals surface area (Å²) in [6, 6.07) is 6.34. The fourth-order valence-electron chi connectivity index (χ4n) is 3.01. The van der Waals surface area contributed by atoms with Crippen LogP contribution in [0.3, 0.4) is 0 Å². The van der Waals surface area contributed by atoms with Gasteiger partial charge in [0.25, 0.3) is 0 Å². The maximum atomic E-state index is 6.18. The van der Waals surface area contributed by atoms with E-state index in [-0.39, 0.29) is 6.04 Å². The number of rotatable bonds is 5. The fourth-order valence-corrected chi connectivity index (χ4v) is 3.21. The Kier molecular flexibility index (Phi) is 5.91. The van der Waals surface area contributed by atoms with Gasteiger partial charge in [0.1, 0.15) is 0 Å². The molecule has 118 valence electrons. The summed E-state index contributed by atoms with van der Waals surface area (Å²) < 4.78 is 5.63. The van der Waals surface area contributed by atoms with Crippen LogP contribution in [-0.2, 0) is 11.2 Å². The molecule has 0 amide bonds. The summed E-state index contributed by atoms with van der Waals surface area (Å²) in [6.07, 6.45) is 3.29. The number of piperidine rings is 1. The second-order valence-corrected chi connectivity index (χ2v) is 6.57. The minimum absolute atomic E-state index is 0.184. The molecule has 1 saturated heterocycles. The third kappa shape index (κ3) is 4.12. The van der Waals surface area contributed by atoms with Crippen LogP contribution in [-0.4, -0.2) is 32.3 Å². The Bertz CT molecular complexity index is 466. The van der Waals surface area contributed by atoms with Crippen LogP contribution < -0.4 is 10.6 Å². The lowest BCUT2D eigenvalue weighted by molar-refractivity contribution is 0.0498. The highest BCUT2D eigenvalue weighted by atomic mass is 35.5. The molecule has 1 aromatic rings. The minimum Gasteiger partial charge on any atom is -0.379 e. The number of nitrogens with two attached hydrogens (primary N) is 1. The Labute approximate surface area is 133 Å². The molecule has 1 aromatic carbocycles. The van der Waals surface area contributed by atoms with Crippen LogP contribution in [0.25, 0.3) is 0 Å². The SMILES string of the molecule is CCC(N)Cc1cc(Cl)ccc1N1CCC(C)C(OC)C1. The lowest BCUT2D eigenvalue weighted by Gasteiger charge is -2.38. The summed E-state index contributed by atoms with van der Waals surface area (Å²) >= 11 is 6.18. The van der Waals surface area contributed by atoms with Gasteiger partial charge in [-0.2, -0.15) is 0 Å². The molecule has 0 radical (unpaired) electrons. The van der Waals surface area contributed by atoms with Gasteiger partial charge in [-0.05, 0) is 48.9 Å². The highest BCUT2D eigenvalue weighted by molar-refractivity contribution is 6.30. The van der Waals surface area contributed by atoms with Gasteiger partial charge in [-0.1, -0.05) is 25.4 Å². The molecule has 21 heavy (non-hydrogen) atoms. The quantitative estimate of drug-likeness (QED) is 0.905. The van der Waals surface area contributed by atoms with Crippen molar-refractivity contribution in [2.45, 2.75) is 45.3 Å². The number of benzene rings is 1. The number of nitrogens with zero attached hydrogens (tertiary/aromatic N) is 1. The summed E-state index contributed by atoms with van der Waals surface area (Å²) in [5, 5.41) is 0.783. The lowest BCUT2D eigenvalue weighted by Crippen LogP contribution is -2.44. The number of anilines is 1. The van der Waals surface area contributed by atoms with Crippen molar-refractivity contribution < 1.29 is 4.74 Å². The standard InChI is InChI=1S/C17H27ClN2O/c1-4-15(19)10-13-9-14(18)5-6-16(13)20-8-7-12(2)17(11-20)21-3/h5-6,9,12,15,17H,4,7-8,10-11,19H2,1-3H3. The van der Waals surface area contributed by atoms with Gasteiger partial charge in [0.2, 0.25) is 0 Å². The van der Waals surface area contributed by atoms with Crippen molar-refractivity contribution >= 4 is 17.3 Å². The molecule has 1 heterocycles. The first kappa shape index (κ1) is 16.6. The van der Waals surface area contributed by atoms with Crippen LogP contribution >= 0.6 is 11.6 Å². The van der Waals surface area contributed by atoms with Crippen molar-refractivity contribution in [3.8, 4) is 0 Å². The maximum Gasteiger partial charge on any atom is 0.0772 e. The normalized spacial score (nSPS) is 24.1. The molecule has 0 aliphatic carbocycles. The van der Waals surface area contributed by atoms with E-state index < -0.39 is 0 Å². The first-order valence-corrected chi connectivity index (χ1v) is 8.24. The molecule has 1 aliphatic heterocycles. The van der Waals surface area contributed by atoms with Crippen LogP contribution in [0.2, 0.25) is 5.02 Å². The largest absolute Gasteiger partial charge is 0.379 e. The predicted octanol–water partition coefficient (Wildman–Crippen LogP) is 3.48. The van der Waals surface area contributed by atoms with E-state index in [4.69, 9.17) is 22.1 Å². The zero-order chi connectivity index (χ0) is 15.4. The summed E-state index contributed by atoms with van der Waals surface area (Å²) in [5.74, 6) is 0.611. The molecule has 3 nitrogen and oxygen atoms in total. The fraction of sp³-hybridized carbons (Fsp3) is 0.647. The number of methoxy groups -OCH3 is 1. The van der Waals surface area contributed by atoms with Crippen LogP contribution in [0.1, 0.15) is 32.3 Å². The topological polar surface area (TPSA) is 38.5 Å². The summed E-state index contributed by atoms with van der Waals surface area (Å²) in [4.78, 5) is 2.42. The van der Waals surface area contributed by atoms with Crippen molar-refractivity contribution in [2.24, 2.45) is 11.7 Å². The van der Waals surface area contributed by atoms with Gasteiger partial charge in [0.15, 0.2) is 0 Å². The molecule has 0 bridgehead atoms. The third-order valence-corrected chi connectivity index (χ3v) is 4.82. The van der Waals surface area contributed by atoms with Crippen molar-refractivity contribution in [1.82, 2.24) is 0 Å². The summed E-state index contributed by atoms with van der Waals surface area (Å²) in [5.41, 5.74) is 8.66. The number of hydrogen-bond donors (Lipinski definition) is 1. The Morgan fingerprint density at radius 2 is 2.24 bits per heavy atom. The summed E-state index contributed by atoms with van der Waals surface area (Å²) in [7, 11) is 1.81.